The van der Waals surface area contributed by atoms with Crippen molar-refractivity contribution in [3.63, 3.8) is 0 Å². The summed E-state index contributed by atoms with van der Waals surface area (Å²) < 4.78 is 23.5. The molecule has 2 bridgehead atoms. The third-order valence-corrected chi connectivity index (χ3v) is 8.35. The van der Waals surface area contributed by atoms with Gasteiger partial charge >= 0.3 is 0 Å². The van der Waals surface area contributed by atoms with Crippen molar-refractivity contribution >= 4 is 27.1 Å². The highest BCUT2D eigenvalue weighted by Gasteiger charge is 2.40. The highest BCUT2D eigenvalue weighted by Crippen LogP contribution is 2.50. The maximum atomic E-state index is 12.1. The van der Waals surface area contributed by atoms with E-state index in [9.17, 15) is 13.2 Å². The Morgan fingerprint density at radius 1 is 1.32 bits per heavy atom. The Balaban J connectivity index is 1.52. The summed E-state index contributed by atoms with van der Waals surface area (Å²) in [6, 6.07) is 0. The second-order valence-electron chi connectivity index (χ2n) is 6.28. The Hall–Kier alpha value is -0.950. The van der Waals surface area contributed by atoms with Crippen LogP contribution >= 0.6 is 11.3 Å². The van der Waals surface area contributed by atoms with Gasteiger partial charge in [0.05, 0.1) is 11.9 Å². The zero-order valence-corrected chi connectivity index (χ0v) is 14.4. The van der Waals surface area contributed by atoms with E-state index in [0.29, 0.717) is 11.4 Å². The summed E-state index contributed by atoms with van der Waals surface area (Å²) in [6.45, 7) is 2.25. The lowest BCUT2D eigenvalue weighted by molar-refractivity contribution is 0.0954. The average molecular weight is 342 g/mol. The van der Waals surface area contributed by atoms with E-state index in [1.165, 1.54) is 31.9 Å². The van der Waals surface area contributed by atoms with Crippen LogP contribution in [-0.4, -0.2) is 31.6 Å². The van der Waals surface area contributed by atoms with Crippen molar-refractivity contribution in [3.8, 4) is 0 Å². The molecule has 2 aliphatic carbocycles. The summed E-state index contributed by atoms with van der Waals surface area (Å²) >= 11 is 0.958. The molecule has 0 atom stereocenters. The molecule has 122 valence electrons. The van der Waals surface area contributed by atoms with Crippen LogP contribution < -0.4 is 5.32 Å². The minimum atomic E-state index is -3.32. The number of sulfone groups is 1. The lowest BCUT2D eigenvalue weighted by atomic mass is 9.94. The molecule has 1 aromatic heterocycles. The number of thiazole rings is 1. The van der Waals surface area contributed by atoms with Gasteiger partial charge in [0.25, 0.3) is 5.91 Å². The van der Waals surface area contributed by atoms with E-state index < -0.39 is 9.84 Å². The number of carbonyl (C=O) groups excluding carboxylic acids is 1. The van der Waals surface area contributed by atoms with Crippen LogP contribution in [0.3, 0.4) is 0 Å². The molecule has 0 spiro atoms. The number of fused-ring (bicyclic) bond motifs is 2. The molecule has 1 N–H and O–H groups in total. The van der Waals surface area contributed by atoms with Gasteiger partial charge in [-0.3, -0.25) is 4.79 Å². The molecule has 2 aliphatic rings. The molecule has 5 nitrogen and oxygen atoms in total. The molecule has 1 heterocycles. The second kappa shape index (κ2) is 6.28. The summed E-state index contributed by atoms with van der Waals surface area (Å²) in [4.78, 5) is 16.3. The molecule has 2 fully saturated rings. The van der Waals surface area contributed by atoms with Gasteiger partial charge in [-0.05, 0) is 49.9 Å². The van der Waals surface area contributed by atoms with E-state index in [1.54, 1.807) is 6.92 Å². The van der Waals surface area contributed by atoms with E-state index in [2.05, 4.69) is 10.3 Å². The van der Waals surface area contributed by atoms with E-state index in [1.807, 2.05) is 0 Å². The molecule has 1 aromatic rings. The number of amides is 1. The first kappa shape index (κ1) is 15.9. The molecule has 2 saturated carbocycles. The Bertz CT molecular complexity index is 633. The smallest absolute Gasteiger partial charge is 0.263 e. The molecular formula is C15H22N2O3S2. The molecule has 1 amide bonds. The van der Waals surface area contributed by atoms with Crippen LogP contribution in [0.2, 0.25) is 0 Å². The normalized spacial score (nSPS) is 27.2. The van der Waals surface area contributed by atoms with Crippen molar-refractivity contribution in [2.24, 2.45) is 17.8 Å². The number of nitrogens with zero attached hydrogens (tertiary/aromatic N) is 1. The van der Waals surface area contributed by atoms with Gasteiger partial charge in [-0.2, -0.15) is 0 Å². The van der Waals surface area contributed by atoms with Crippen molar-refractivity contribution < 1.29 is 13.2 Å². The van der Waals surface area contributed by atoms with E-state index in [4.69, 9.17) is 0 Å². The summed E-state index contributed by atoms with van der Waals surface area (Å²) in [5, 5.41) is 2.91. The number of hydrogen-bond acceptors (Lipinski definition) is 5. The number of nitrogens with one attached hydrogen (secondary N) is 1. The van der Waals surface area contributed by atoms with Gasteiger partial charge in [0.1, 0.15) is 4.88 Å². The van der Waals surface area contributed by atoms with Gasteiger partial charge in [-0.1, -0.05) is 18.3 Å². The van der Waals surface area contributed by atoms with Crippen molar-refractivity contribution in [2.45, 2.75) is 43.4 Å². The Morgan fingerprint density at radius 3 is 2.55 bits per heavy atom. The fourth-order valence-electron chi connectivity index (χ4n) is 3.93. The standard InChI is InChI=1S/C15H22N2O3S2/c1-2-22(19,20)15-17-9-13(21-15)14(18)16-8-7-12-10-3-4-11(12)6-5-10/h9-12H,2-8H2,1H3,(H,16,18). The first-order chi connectivity index (χ1) is 10.5. The number of aromatic nitrogens is 1. The number of rotatable bonds is 6. The van der Waals surface area contributed by atoms with Crippen LogP contribution in [0.4, 0.5) is 0 Å². The minimum absolute atomic E-state index is 0.00598. The lowest BCUT2D eigenvalue weighted by Gasteiger charge is -2.15. The van der Waals surface area contributed by atoms with Crippen LogP contribution in [0.15, 0.2) is 10.5 Å². The van der Waals surface area contributed by atoms with Gasteiger partial charge < -0.3 is 5.32 Å². The minimum Gasteiger partial charge on any atom is -0.351 e. The lowest BCUT2D eigenvalue weighted by Crippen LogP contribution is -2.26. The van der Waals surface area contributed by atoms with Gasteiger partial charge in [0.15, 0.2) is 0 Å². The SMILES string of the molecule is CCS(=O)(=O)c1ncc(C(=O)NCCC2C3CCC2CC3)s1. The first-order valence-corrected chi connectivity index (χ1v) is 10.4. The number of hydrogen-bond donors (Lipinski definition) is 1. The zero-order valence-electron chi connectivity index (χ0n) is 12.7. The highest BCUT2D eigenvalue weighted by atomic mass is 32.2. The second-order valence-corrected chi connectivity index (χ2v) is 9.76. The van der Waals surface area contributed by atoms with Crippen LogP contribution in [0.1, 0.15) is 48.7 Å². The van der Waals surface area contributed by atoms with Crippen LogP contribution in [0, 0.1) is 17.8 Å². The van der Waals surface area contributed by atoms with Crippen molar-refractivity contribution in [3.05, 3.63) is 11.1 Å². The summed E-state index contributed by atoms with van der Waals surface area (Å²) in [6.07, 6.45) is 7.83. The third-order valence-electron chi connectivity index (χ3n) is 5.15. The van der Waals surface area contributed by atoms with Crippen LogP contribution in [-0.2, 0) is 9.84 Å². The largest absolute Gasteiger partial charge is 0.351 e. The third kappa shape index (κ3) is 3.06. The highest BCUT2D eigenvalue weighted by molar-refractivity contribution is 7.93. The Morgan fingerprint density at radius 2 is 1.95 bits per heavy atom. The predicted molar refractivity (Wildman–Crippen MR) is 85.7 cm³/mol. The molecular weight excluding hydrogens is 320 g/mol. The fourth-order valence-corrected chi connectivity index (χ4v) is 6.08. The van der Waals surface area contributed by atoms with E-state index in [-0.39, 0.29) is 16.0 Å². The number of carbonyl (C=O) groups is 1. The average Bonchev–Trinajstić information content (AvgIpc) is 3.23. The van der Waals surface area contributed by atoms with E-state index >= 15 is 0 Å². The molecule has 3 rings (SSSR count). The molecule has 0 saturated heterocycles. The van der Waals surface area contributed by atoms with E-state index in [0.717, 1.165) is 35.5 Å². The quantitative estimate of drug-likeness (QED) is 0.862. The van der Waals surface area contributed by atoms with Gasteiger partial charge in [-0.15, -0.1) is 0 Å². The predicted octanol–water partition coefficient (Wildman–Crippen LogP) is 2.49. The molecule has 0 unspecified atom stereocenters. The Kier molecular flexibility index (Phi) is 4.54. The monoisotopic (exact) mass is 342 g/mol. The van der Waals surface area contributed by atoms with Crippen molar-refractivity contribution in [1.29, 1.82) is 0 Å². The summed E-state index contributed by atoms with van der Waals surface area (Å²) in [5.74, 6) is 2.31. The Labute approximate surface area is 135 Å². The first-order valence-electron chi connectivity index (χ1n) is 7.98. The van der Waals surface area contributed by atoms with Gasteiger partial charge in [0, 0.05) is 6.54 Å². The molecule has 0 aliphatic heterocycles. The maximum absolute atomic E-state index is 12.1. The van der Waals surface area contributed by atoms with Crippen molar-refractivity contribution in [2.75, 3.05) is 12.3 Å². The topological polar surface area (TPSA) is 76.1 Å². The van der Waals surface area contributed by atoms with Gasteiger partial charge in [-0.25, -0.2) is 13.4 Å². The fraction of sp³-hybridized carbons (Fsp3) is 0.733. The van der Waals surface area contributed by atoms with Crippen LogP contribution in [0.25, 0.3) is 0 Å². The molecule has 0 radical (unpaired) electrons. The maximum Gasteiger partial charge on any atom is 0.263 e. The van der Waals surface area contributed by atoms with Crippen LogP contribution in [0.5, 0.6) is 0 Å². The van der Waals surface area contributed by atoms with Crippen molar-refractivity contribution in [1.82, 2.24) is 10.3 Å². The molecule has 7 heteroatoms. The molecule has 0 aromatic carbocycles. The summed E-state index contributed by atoms with van der Waals surface area (Å²) in [5.41, 5.74) is 0. The zero-order chi connectivity index (χ0) is 15.7. The summed E-state index contributed by atoms with van der Waals surface area (Å²) in [7, 11) is -3.32. The molecule has 22 heavy (non-hydrogen) atoms. The van der Waals surface area contributed by atoms with Gasteiger partial charge in [0.2, 0.25) is 14.2 Å².